The van der Waals surface area contributed by atoms with Crippen LogP contribution >= 0.6 is 0 Å². The molecule has 0 amide bonds. The maximum Gasteiger partial charge on any atom is 0.308 e. The zero-order valence-corrected chi connectivity index (χ0v) is 18.0. The lowest BCUT2D eigenvalue weighted by atomic mass is 10.1. The van der Waals surface area contributed by atoms with Gasteiger partial charge in [-0.1, -0.05) is 76.0 Å². The molecule has 0 heterocycles. The lowest BCUT2D eigenvalue weighted by molar-refractivity contribution is -0.175. The molecular formula is C24H42O3. The Morgan fingerprint density at radius 1 is 0.815 bits per heavy atom. The molecule has 27 heavy (non-hydrogen) atoms. The summed E-state index contributed by atoms with van der Waals surface area (Å²) >= 11 is 0. The first-order chi connectivity index (χ1) is 13.2. The van der Waals surface area contributed by atoms with Gasteiger partial charge in [0.25, 0.3) is 0 Å². The topological polar surface area (TPSA) is 35.5 Å². The van der Waals surface area contributed by atoms with Gasteiger partial charge in [0.05, 0.1) is 6.61 Å². The van der Waals surface area contributed by atoms with Gasteiger partial charge in [-0.05, 0) is 51.9 Å². The van der Waals surface area contributed by atoms with Crippen molar-refractivity contribution < 1.29 is 14.3 Å². The van der Waals surface area contributed by atoms with E-state index in [4.69, 9.17) is 9.47 Å². The summed E-state index contributed by atoms with van der Waals surface area (Å²) in [6, 6.07) is 0. The van der Waals surface area contributed by atoms with Crippen LogP contribution in [0.25, 0.3) is 0 Å². The third-order valence-corrected chi connectivity index (χ3v) is 4.18. The molecule has 0 aliphatic carbocycles. The smallest absolute Gasteiger partial charge is 0.308 e. The van der Waals surface area contributed by atoms with E-state index in [1.165, 1.54) is 19.3 Å². The van der Waals surface area contributed by atoms with Crippen molar-refractivity contribution in [1.29, 1.82) is 0 Å². The van der Waals surface area contributed by atoms with E-state index in [1.54, 1.807) is 6.92 Å². The third-order valence-electron chi connectivity index (χ3n) is 4.18. The predicted octanol–water partition coefficient (Wildman–Crippen LogP) is 7.28. The molecule has 0 saturated heterocycles. The van der Waals surface area contributed by atoms with Gasteiger partial charge in [0, 0.05) is 6.42 Å². The number of unbranched alkanes of at least 4 members (excludes halogenated alkanes) is 6. The average Bonchev–Trinajstić information content (AvgIpc) is 2.65. The van der Waals surface area contributed by atoms with Crippen molar-refractivity contribution in [3.63, 3.8) is 0 Å². The number of esters is 1. The van der Waals surface area contributed by atoms with E-state index in [0.29, 0.717) is 13.0 Å². The minimum Gasteiger partial charge on any atom is -0.436 e. The van der Waals surface area contributed by atoms with Crippen LogP contribution in [0.15, 0.2) is 36.5 Å². The highest BCUT2D eigenvalue weighted by Gasteiger charge is 2.08. The van der Waals surface area contributed by atoms with Crippen LogP contribution < -0.4 is 0 Å². The normalized spacial score (nSPS) is 13.1. The number of ether oxygens (including phenoxy) is 2. The van der Waals surface area contributed by atoms with E-state index < -0.39 is 6.29 Å². The molecule has 0 aromatic carbocycles. The zero-order chi connectivity index (χ0) is 20.0. The molecular weight excluding hydrogens is 336 g/mol. The lowest BCUT2D eigenvalue weighted by Gasteiger charge is -2.13. The van der Waals surface area contributed by atoms with Crippen LogP contribution in [-0.4, -0.2) is 18.9 Å². The highest BCUT2D eigenvalue weighted by molar-refractivity contribution is 5.69. The molecule has 156 valence electrons. The number of allylic oxidation sites excluding steroid dienone is 6. The van der Waals surface area contributed by atoms with Gasteiger partial charge in [-0.25, -0.2) is 0 Å². The minimum absolute atomic E-state index is 0.139. The van der Waals surface area contributed by atoms with Gasteiger partial charge in [0.2, 0.25) is 0 Å². The summed E-state index contributed by atoms with van der Waals surface area (Å²) in [6.07, 6.45) is 25.6. The van der Waals surface area contributed by atoms with Crippen molar-refractivity contribution in [3.05, 3.63) is 36.5 Å². The molecule has 0 N–H and O–H groups in total. The van der Waals surface area contributed by atoms with Gasteiger partial charge in [-0.3, -0.25) is 4.79 Å². The average molecular weight is 379 g/mol. The Bertz CT molecular complexity index is 410. The lowest BCUT2D eigenvalue weighted by Crippen LogP contribution is -2.18. The number of carbonyl (C=O) groups is 1. The molecule has 0 aromatic heterocycles. The van der Waals surface area contributed by atoms with Crippen LogP contribution in [0.3, 0.4) is 0 Å². The van der Waals surface area contributed by atoms with Crippen LogP contribution in [0.2, 0.25) is 0 Å². The number of rotatable bonds is 18. The fraction of sp³-hybridized carbons (Fsp3) is 0.708. The molecule has 0 aliphatic rings. The molecule has 0 aliphatic heterocycles. The molecule has 0 spiro atoms. The zero-order valence-electron chi connectivity index (χ0n) is 18.0. The molecule has 3 heteroatoms. The van der Waals surface area contributed by atoms with Crippen LogP contribution in [0, 0.1) is 0 Å². The summed E-state index contributed by atoms with van der Waals surface area (Å²) < 4.78 is 10.7. The number of hydrogen-bond acceptors (Lipinski definition) is 3. The van der Waals surface area contributed by atoms with Gasteiger partial charge in [-0.15, -0.1) is 0 Å². The van der Waals surface area contributed by atoms with Gasteiger partial charge in [-0.2, -0.15) is 0 Å². The first kappa shape index (κ1) is 25.6. The van der Waals surface area contributed by atoms with E-state index >= 15 is 0 Å². The second-order valence-corrected chi connectivity index (χ2v) is 6.88. The molecule has 1 atom stereocenters. The Morgan fingerprint density at radius 3 is 2.15 bits per heavy atom. The molecule has 0 aromatic rings. The quantitative estimate of drug-likeness (QED) is 0.109. The predicted molar refractivity (Wildman–Crippen MR) is 116 cm³/mol. The van der Waals surface area contributed by atoms with E-state index in [0.717, 1.165) is 51.4 Å². The molecule has 3 nitrogen and oxygen atoms in total. The number of hydrogen-bond donors (Lipinski definition) is 0. The van der Waals surface area contributed by atoms with Crippen LogP contribution in [0.4, 0.5) is 0 Å². The van der Waals surface area contributed by atoms with E-state index in [9.17, 15) is 4.79 Å². The monoisotopic (exact) mass is 378 g/mol. The van der Waals surface area contributed by atoms with E-state index in [1.807, 2.05) is 0 Å². The molecule has 1 unspecified atom stereocenters. The second-order valence-electron chi connectivity index (χ2n) is 6.88. The standard InChI is InChI=1S/C24H42O3/c1-4-6-8-9-10-11-12-13-14-15-16-17-18-19-20-21-24(25)27-23(3)26-22-7-5-2/h6,8,10-11,13-14,23H,4-5,7,9,12,15-22H2,1-3H3/b8-6-,11-10-,14-13-. The summed E-state index contributed by atoms with van der Waals surface area (Å²) in [5.74, 6) is -0.139. The highest BCUT2D eigenvalue weighted by Crippen LogP contribution is 2.09. The van der Waals surface area contributed by atoms with Crippen molar-refractivity contribution >= 4 is 5.97 Å². The van der Waals surface area contributed by atoms with Crippen LogP contribution in [-0.2, 0) is 14.3 Å². The second kappa shape index (κ2) is 21.0. The van der Waals surface area contributed by atoms with Crippen LogP contribution in [0.5, 0.6) is 0 Å². The first-order valence-corrected chi connectivity index (χ1v) is 11.0. The van der Waals surface area contributed by atoms with Crippen molar-refractivity contribution in [2.45, 2.75) is 104 Å². The molecule has 0 rings (SSSR count). The SMILES string of the molecule is CC/C=C\C/C=C\C/C=C\CCCCCCCC(=O)OC(C)OCCCC. The maximum absolute atomic E-state index is 11.7. The summed E-state index contributed by atoms with van der Waals surface area (Å²) in [6.45, 7) is 6.72. The molecule has 0 fully saturated rings. The fourth-order valence-corrected chi connectivity index (χ4v) is 2.56. The Kier molecular flexibility index (Phi) is 19.9. The van der Waals surface area contributed by atoms with Gasteiger partial charge in [0.15, 0.2) is 6.29 Å². The largest absolute Gasteiger partial charge is 0.436 e. The molecule has 0 radical (unpaired) electrons. The van der Waals surface area contributed by atoms with E-state index in [2.05, 4.69) is 50.3 Å². The number of carbonyl (C=O) groups excluding carboxylic acids is 1. The first-order valence-electron chi connectivity index (χ1n) is 11.0. The van der Waals surface area contributed by atoms with Crippen molar-refractivity contribution in [2.24, 2.45) is 0 Å². The summed E-state index contributed by atoms with van der Waals surface area (Å²) in [7, 11) is 0. The van der Waals surface area contributed by atoms with Gasteiger partial charge in [0.1, 0.15) is 0 Å². The maximum atomic E-state index is 11.7. The summed E-state index contributed by atoms with van der Waals surface area (Å²) in [5.41, 5.74) is 0. The van der Waals surface area contributed by atoms with Crippen molar-refractivity contribution in [3.8, 4) is 0 Å². The van der Waals surface area contributed by atoms with E-state index in [-0.39, 0.29) is 5.97 Å². The van der Waals surface area contributed by atoms with Crippen molar-refractivity contribution in [1.82, 2.24) is 0 Å². The highest BCUT2D eigenvalue weighted by atomic mass is 16.7. The fourth-order valence-electron chi connectivity index (χ4n) is 2.56. The van der Waals surface area contributed by atoms with Crippen molar-refractivity contribution in [2.75, 3.05) is 6.61 Å². The Morgan fingerprint density at radius 2 is 1.44 bits per heavy atom. The summed E-state index contributed by atoms with van der Waals surface area (Å²) in [4.78, 5) is 11.7. The minimum atomic E-state index is -0.418. The van der Waals surface area contributed by atoms with Crippen LogP contribution in [0.1, 0.15) is 97.8 Å². The third kappa shape index (κ3) is 20.8. The molecule has 0 saturated carbocycles. The van der Waals surface area contributed by atoms with Gasteiger partial charge >= 0.3 is 5.97 Å². The molecule has 0 bridgehead atoms. The summed E-state index contributed by atoms with van der Waals surface area (Å²) in [5, 5.41) is 0. The Balaban J connectivity index is 3.40. The Labute approximate surface area is 167 Å². The Hall–Kier alpha value is -1.35. The van der Waals surface area contributed by atoms with Gasteiger partial charge < -0.3 is 9.47 Å².